The van der Waals surface area contributed by atoms with Crippen LogP contribution in [0.25, 0.3) is 21.5 Å². The summed E-state index contributed by atoms with van der Waals surface area (Å²) in [6, 6.07) is 52.2. The summed E-state index contributed by atoms with van der Waals surface area (Å²) in [6.07, 6.45) is 0.118. The molecule has 7 aromatic rings. The van der Waals surface area contributed by atoms with Gasteiger partial charge in [0.25, 0.3) is 7.37 Å². The van der Waals surface area contributed by atoms with E-state index in [0.29, 0.717) is 29.6 Å². The van der Waals surface area contributed by atoms with E-state index >= 15 is 0 Å². The number of hydrogen-bond acceptors (Lipinski definition) is 16. The van der Waals surface area contributed by atoms with Crippen LogP contribution in [-0.2, 0) is 63.0 Å². The Morgan fingerprint density at radius 1 is 0.398 bits per heavy atom. The van der Waals surface area contributed by atoms with Gasteiger partial charge in [-0.25, -0.2) is 15.3 Å². The van der Waals surface area contributed by atoms with Gasteiger partial charge >= 0.3 is 46.4 Å². The van der Waals surface area contributed by atoms with Crippen molar-refractivity contribution >= 4 is 75.3 Å². The van der Waals surface area contributed by atoms with E-state index in [-0.39, 0.29) is 48.7 Å². The maximum atomic E-state index is 14.0. The van der Waals surface area contributed by atoms with E-state index in [2.05, 4.69) is 15.3 Å². The average Bonchev–Trinajstić information content (AvgIpc) is 0.824. The molecule has 19 nitrogen and oxygen atoms in total. The average molecular weight is 1430 g/mol. The van der Waals surface area contributed by atoms with Crippen molar-refractivity contribution in [3.63, 3.8) is 0 Å². The summed E-state index contributed by atoms with van der Waals surface area (Å²) in [6.45, 7) is 35.4. The van der Waals surface area contributed by atoms with E-state index < -0.39 is 82.2 Å². The summed E-state index contributed by atoms with van der Waals surface area (Å²) in [5, 5.41) is 11.0. The molecule has 3 N–H and O–H groups in total. The van der Waals surface area contributed by atoms with Gasteiger partial charge in [0.2, 0.25) is 0 Å². The molecule has 0 heterocycles. The molecule has 7 aromatic carbocycles. The van der Waals surface area contributed by atoms with Crippen LogP contribution in [0.3, 0.4) is 0 Å². The van der Waals surface area contributed by atoms with Gasteiger partial charge in [0.05, 0.1) is 42.2 Å². The highest BCUT2D eigenvalue weighted by atomic mass is 31.2. The lowest BCUT2D eigenvalue weighted by atomic mass is 9.99. The Kier molecular flexibility index (Phi) is 32.3. The second-order valence-electron chi connectivity index (χ2n) is 27.3. The summed E-state index contributed by atoms with van der Waals surface area (Å²) < 4.78 is 97.7. The second-order valence-corrected chi connectivity index (χ2v) is 38.8. The predicted octanol–water partition coefficient (Wildman–Crippen LogP) is 18.9. The van der Waals surface area contributed by atoms with Gasteiger partial charge in [-0.05, 0) is 114 Å². The fourth-order valence-electron chi connectivity index (χ4n) is 8.70. The van der Waals surface area contributed by atoms with Crippen LogP contribution in [-0.4, -0.2) is 89.6 Å². The third-order valence-electron chi connectivity index (χ3n) is 14.7. The molecule has 7 rings (SSSR count). The standard InChI is InChI=1S/C25H29O4P.C21H30NO4P.C15H24NO4P.C14H22NO4P/c1-19(24(26)28-17-20-11-6-5-7-12-20)18-30(27,25(2,3)4)29-23-16-10-14-21-13-8-9-15-22(21)23;1-15(2)27(24,22-16(3)20(23)25-14-21(4,5)6)26-19-13-9-11-17-10-7-8-12-18(17)19;1-6-19-14(17)12(2)16-21(18,15(3,4)5)20-13-10-8-7-9-11-13;1-5-18-14(16)12(4)15-20(17,11(2)3)19-13-9-7-6-8-10-13/h5-16,19H,17-18H2,1-4H3;7-13,15-16H,14H2,1-6H3,(H,22,24);7-12H,6H2,1-5H3,(H,16,18);6-12H,5H2,1-4H3,(H,15,17)/t19-,30?;16-,27?;12-,21?;12-,20?/m0110/s1. The van der Waals surface area contributed by atoms with E-state index in [4.69, 9.17) is 37.0 Å². The minimum absolute atomic E-state index is 0.118. The largest absolute Gasteiger partial charge is 0.465 e. The molecule has 0 aromatic heterocycles. The number of fused-ring (bicyclic) bond motifs is 2. The molecular weight excluding hydrogens is 1320 g/mol. The maximum Gasteiger partial charge on any atom is 0.323 e. The molecule has 0 aliphatic heterocycles. The van der Waals surface area contributed by atoms with Crippen molar-refractivity contribution in [2.24, 2.45) is 11.3 Å². The minimum atomic E-state index is -3.34. The van der Waals surface area contributed by atoms with Gasteiger partial charge in [0.15, 0.2) is 0 Å². The molecule has 0 aliphatic rings. The van der Waals surface area contributed by atoms with Crippen molar-refractivity contribution in [2.45, 2.75) is 178 Å². The van der Waals surface area contributed by atoms with E-state index in [1.807, 2.05) is 197 Å². The summed E-state index contributed by atoms with van der Waals surface area (Å²) in [7, 11) is -13.1. The van der Waals surface area contributed by atoms with Gasteiger partial charge in [-0.2, -0.15) is 0 Å². The lowest BCUT2D eigenvalue weighted by Gasteiger charge is -2.33. The molecule has 0 radical (unpaired) electrons. The molecule has 0 fully saturated rings. The zero-order valence-electron chi connectivity index (χ0n) is 60.6. The van der Waals surface area contributed by atoms with E-state index in [1.165, 1.54) is 0 Å². The van der Waals surface area contributed by atoms with Crippen molar-refractivity contribution in [1.82, 2.24) is 15.3 Å². The van der Waals surface area contributed by atoms with E-state index in [9.17, 15) is 37.4 Å². The van der Waals surface area contributed by atoms with Crippen LogP contribution in [0.5, 0.6) is 23.0 Å². The highest BCUT2D eigenvalue weighted by Gasteiger charge is 2.44. The molecule has 0 bridgehead atoms. The number of benzene rings is 7. The first-order valence-corrected chi connectivity index (χ1v) is 39.9. The first-order chi connectivity index (χ1) is 45.8. The molecule has 4 unspecified atom stereocenters. The highest BCUT2D eigenvalue weighted by Crippen LogP contribution is 2.60. The van der Waals surface area contributed by atoms with Crippen LogP contribution in [0, 0.1) is 11.3 Å². The summed E-state index contributed by atoms with van der Waals surface area (Å²) in [5.41, 5.74) is 0.217. The van der Waals surface area contributed by atoms with Crippen molar-refractivity contribution in [3.8, 4) is 23.0 Å². The fourth-order valence-corrected chi connectivity index (χ4v) is 16.0. The van der Waals surface area contributed by atoms with Gasteiger partial charge in [-0.1, -0.05) is 216 Å². The number of esters is 4. The summed E-state index contributed by atoms with van der Waals surface area (Å²) in [4.78, 5) is 48.3. The molecular formula is C75H105N3O16P4. The zero-order valence-corrected chi connectivity index (χ0v) is 64.1. The number of carbonyl (C=O) groups excluding carboxylic acids is 4. The smallest absolute Gasteiger partial charge is 0.323 e. The monoisotopic (exact) mass is 1430 g/mol. The first kappa shape index (κ1) is 83.4. The number of carbonyl (C=O) groups is 4. The van der Waals surface area contributed by atoms with Crippen LogP contribution >= 0.6 is 29.9 Å². The normalized spacial score (nSPS) is 15.3. The molecule has 0 amide bonds. The zero-order chi connectivity index (χ0) is 73.3. The predicted molar refractivity (Wildman–Crippen MR) is 395 cm³/mol. The summed E-state index contributed by atoms with van der Waals surface area (Å²) >= 11 is 0. The molecule has 8 atom stereocenters. The van der Waals surface area contributed by atoms with Gasteiger partial charge in [0.1, 0.15) is 47.7 Å². The van der Waals surface area contributed by atoms with Crippen LogP contribution in [0.1, 0.15) is 137 Å². The van der Waals surface area contributed by atoms with Gasteiger partial charge in [0, 0.05) is 22.1 Å². The number of hydrogen-bond donors (Lipinski definition) is 3. The Morgan fingerprint density at radius 2 is 0.776 bits per heavy atom. The van der Waals surface area contributed by atoms with Crippen LogP contribution < -0.4 is 33.4 Å². The molecule has 23 heteroatoms. The fraction of sp³-hybridized carbons (Fsp3) is 0.440. The Hall–Kier alpha value is -7.06. The lowest BCUT2D eigenvalue weighted by molar-refractivity contribution is -0.149. The third-order valence-corrected chi connectivity index (χ3v) is 26.4. The number of para-hydroxylation sites is 2. The maximum absolute atomic E-state index is 14.0. The number of ether oxygens (including phenoxy) is 4. The van der Waals surface area contributed by atoms with Crippen LogP contribution in [0.2, 0.25) is 0 Å². The lowest BCUT2D eigenvalue weighted by Crippen LogP contribution is -2.39. The number of rotatable bonds is 27. The molecule has 98 heavy (non-hydrogen) atoms. The van der Waals surface area contributed by atoms with E-state index in [0.717, 1.165) is 27.1 Å². The topological polar surface area (TPSA) is 246 Å². The molecule has 0 aliphatic carbocycles. The third kappa shape index (κ3) is 26.2. The van der Waals surface area contributed by atoms with Crippen molar-refractivity contribution in [3.05, 3.63) is 181 Å². The quantitative estimate of drug-likeness (QED) is 0.0246. The second kappa shape index (κ2) is 37.9. The SMILES string of the molecule is CC(C)P(=O)(N[C@H](C)C(=O)OCC(C)(C)C)Oc1cccc2ccccc12.CCOC(=O)[C@@H](C)NP(=O)(Oc1ccccc1)C(C)(C)C.CCOC(=O)[C@H](C)NP(=O)(Oc1ccccc1)C(C)C.C[C@@H](CP(=O)(Oc1cccc2ccccc12)C(C)(C)C)C(=O)OCc1ccccc1. The Bertz CT molecular complexity index is 3840. The number of nitrogens with one attached hydrogen (secondary N) is 3. The van der Waals surface area contributed by atoms with Gasteiger partial charge in [-0.3, -0.25) is 37.4 Å². The highest BCUT2D eigenvalue weighted by molar-refractivity contribution is 7.61. The molecule has 0 spiro atoms. The molecule has 0 saturated heterocycles. The van der Waals surface area contributed by atoms with Gasteiger partial charge in [-0.15, -0.1) is 0 Å². The van der Waals surface area contributed by atoms with Crippen LogP contribution in [0.15, 0.2) is 176 Å². The Balaban J connectivity index is 0.000000282. The van der Waals surface area contributed by atoms with Crippen molar-refractivity contribution < 1.29 is 74.5 Å². The minimum Gasteiger partial charge on any atom is -0.465 e. The Morgan fingerprint density at radius 3 is 1.19 bits per heavy atom. The van der Waals surface area contributed by atoms with Crippen molar-refractivity contribution in [2.75, 3.05) is 26.0 Å². The van der Waals surface area contributed by atoms with Crippen molar-refractivity contribution in [1.29, 1.82) is 0 Å². The van der Waals surface area contributed by atoms with Gasteiger partial charge < -0.3 is 37.0 Å². The van der Waals surface area contributed by atoms with Crippen LogP contribution in [0.4, 0.5) is 0 Å². The molecule has 536 valence electrons. The molecule has 0 saturated carbocycles. The Labute approximate surface area is 581 Å². The first-order valence-electron chi connectivity index (χ1n) is 33.1. The summed E-state index contributed by atoms with van der Waals surface area (Å²) in [5.74, 6) is -0.119. The van der Waals surface area contributed by atoms with E-state index in [1.54, 1.807) is 110 Å².